The molecule has 4 aliphatic rings. The van der Waals surface area contributed by atoms with Gasteiger partial charge in [-0.05, 0) is 23.8 Å². The summed E-state index contributed by atoms with van der Waals surface area (Å²) < 4.78 is 11.2. The lowest BCUT2D eigenvalue weighted by molar-refractivity contribution is -0.885. The van der Waals surface area contributed by atoms with Gasteiger partial charge in [0, 0.05) is 11.6 Å². The number of nitrogens with one attached hydrogen (secondary N) is 1. The second-order valence-electron chi connectivity index (χ2n) is 7.94. The number of rotatable bonds is 1. The average Bonchev–Trinajstić information content (AvgIpc) is 3.25. The maximum Gasteiger partial charge on any atom is 0.245 e. The fourth-order valence-corrected chi connectivity index (χ4v) is 5.31. The first-order chi connectivity index (χ1) is 14.7. The monoisotopic (exact) mass is 400 g/mol. The molecule has 2 amide bonds. The van der Waals surface area contributed by atoms with Crippen molar-refractivity contribution < 1.29 is 24.0 Å². The Morgan fingerprint density at radius 2 is 1.77 bits per heavy atom. The largest absolute Gasteiger partial charge is 0.486 e. The standard InChI is InChI=1S/C23H17N3O4/c24-12-16-19-20(21-15-4-2-1-3-13(15)7-8-25(16)21)23(28)26(22(19)27)14-5-6-17-18(11-14)30-10-9-29-17/h1-8,11,16,19-21H,9-10H2/p+1/t16-,19-,20-,21-/m0/s1. The number of hydrogen-bond acceptors (Lipinski definition) is 5. The number of benzene rings is 2. The van der Waals surface area contributed by atoms with Crippen LogP contribution in [0.15, 0.2) is 48.7 Å². The highest BCUT2D eigenvalue weighted by atomic mass is 16.6. The van der Waals surface area contributed by atoms with E-state index < -0.39 is 17.9 Å². The number of imide groups is 1. The van der Waals surface area contributed by atoms with Crippen LogP contribution in [0, 0.1) is 23.2 Å². The normalized spacial score (nSPS) is 30.5. The molecule has 1 N–H and O–H groups in total. The van der Waals surface area contributed by atoms with Gasteiger partial charge in [0.05, 0.1) is 11.9 Å². The summed E-state index contributed by atoms with van der Waals surface area (Å²) in [4.78, 5) is 29.1. The highest BCUT2D eigenvalue weighted by Crippen LogP contribution is 2.45. The van der Waals surface area contributed by atoms with Gasteiger partial charge in [0.2, 0.25) is 11.8 Å². The van der Waals surface area contributed by atoms with Crippen LogP contribution in [0.2, 0.25) is 0 Å². The molecule has 4 aliphatic heterocycles. The van der Waals surface area contributed by atoms with Crippen LogP contribution in [0.4, 0.5) is 5.69 Å². The molecular weight excluding hydrogens is 382 g/mol. The lowest BCUT2D eigenvalue weighted by Crippen LogP contribution is -3.10. The van der Waals surface area contributed by atoms with Gasteiger partial charge in [0.25, 0.3) is 0 Å². The van der Waals surface area contributed by atoms with E-state index in [2.05, 4.69) is 6.07 Å². The molecule has 1 unspecified atom stereocenters. The van der Waals surface area contributed by atoms with E-state index in [0.29, 0.717) is 30.4 Å². The van der Waals surface area contributed by atoms with E-state index in [-0.39, 0.29) is 17.9 Å². The van der Waals surface area contributed by atoms with E-state index in [1.807, 2.05) is 36.5 Å². The van der Waals surface area contributed by atoms with Crippen molar-refractivity contribution in [3.05, 3.63) is 59.8 Å². The smallest absolute Gasteiger partial charge is 0.245 e. The molecule has 2 aromatic rings. The molecule has 0 bridgehead atoms. The maximum atomic E-state index is 13.6. The Morgan fingerprint density at radius 3 is 2.60 bits per heavy atom. The molecule has 5 atom stereocenters. The van der Waals surface area contributed by atoms with Crippen LogP contribution in [0.25, 0.3) is 6.08 Å². The molecule has 2 aromatic carbocycles. The number of nitriles is 1. The second kappa shape index (κ2) is 6.18. The van der Waals surface area contributed by atoms with E-state index in [9.17, 15) is 14.9 Å². The van der Waals surface area contributed by atoms with Gasteiger partial charge in [0.15, 0.2) is 17.5 Å². The van der Waals surface area contributed by atoms with E-state index in [0.717, 1.165) is 16.0 Å². The van der Waals surface area contributed by atoms with Crippen molar-refractivity contribution in [2.24, 2.45) is 11.8 Å². The van der Waals surface area contributed by atoms with Crippen LogP contribution in [0.3, 0.4) is 0 Å². The third-order valence-corrected chi connectivity index (χ3v) is 6.54. The SMILES string of the molecule is N#C[C@H]1[C@@H]2C(=O)N(c3ccc4c(c3)OCCO4)C(=O)[C@@H]2[C@@H]2c3ccccc3C=C[NH+]12. The summed E-state index contributed by atoms with van der Waals surface area (Å²) in [6, 6.07) is 14.4. The summed E-state index contributed by atoms with van der Waals surface area (Å²) in [6.07, 6.45) is 3.90. The van der Waals surface area contributed by atoms with Crippen LogP contribution >= 0.6 is 0 Å². The highest BCUT2D eigenvalue weighted by Gasteiger charge is 2.66. The van der Waals surface area contributed by atoms with Crippen molar-refractivity contribution >= 4 is 23.6 Å². The lowest BCUT2D eigenvalue weighted by atomic mass is 9.85. The number of ether oxygens (including phenoxy) is 2. The molecule has 7 nitrogen and oxygen atoms in total. The van der Waals surface area contributed by atoms with Crippen molar-refractivity contribution in [2.45, 2.75) is 12.1 Å². The Balaban J connectivity index is 1.44. The second-order valence-corrected chi connectivity index (χ2v) is 7.94. The Kier molecular flexibility index (Phi) is 3.55. The van der Waals surface area contributed by atoms with E-state index in [1.165, 1.54) is 4.90 Å². The maximum absolute atomic E-state index is 13.6. The molecule has 0 radical (unpaired) electrons. The predicted molar refractivity (Wildman–Crippen MR) is 105 cm³/mol. The topological polar surface area (TPSA) is 84.1 Å². The lowest BCUT2D eigenvalue weighted by Gasteiger charge is -2.29. The zero-order valence-electron chi connectivity index (χ0n) is 15.9. The molecule has 0 aromatic heterocycles. The fraction of sp³-hybridized carbons (Fsp3) is 0.261. The summed E-state index contributed by atoms with van der Waals surface area (Å²) in [5, 5.41) is 9.90. The van der Waals surface area contributed by atoms with Gasteiger partial charge in [-0.25, -0.2) is 4.90 Å². The number of hydrogen-bond donors (Lipinski definition) is 1. The third kappa shape index (κ3) is 2.17. The summed E-state index contributed by atoms with van der Waals surface area (Å²) >= 11 is 0. The Morgan fingerprint density at radius 1 is 1.00 bits per heavy atom. The number of anilines is 1. The van der Waals surface area contributed by atoms with Gasteiger partial charge < -0.3 is 9.47 Å². The Bertz CT molecular complexity index is 1170. The first kappa shape index (κ1) is 17.2. The molecule has 7 heteroatoms. The molecule has 0 aliphatic carbocycles. The first-order valence-corrected chi connectivity index (χ1v) is 10.00. The van der Waals surface area contributed by atoms with Gasteiger partial charge >= 0.3 is 0 Å². The predicted octanol–water partition coefficient (Wildman–Crippen LogP) is 1.08. The molecule has 148 valence electrons. The fourth-order valence-electron chi connectivity index (χ4n) is 5.31. The van der Waals surface area contributed by atoms with Crippen LogP contribution in [0.1, 0.15) is 17.2 Å². The molecule has 6 rings (SSSR count). The Labute approximate surface area is 172 Å². The van der Waals surface area contributed by atoms with E-state index in [4.69, 9.17) is 9.47 Å². The molecular formula is C23H18N3O4+. The zero-order chi connectivity index (χ0) is 20.4. The van der Waals surface area contributed by atoms with Gasteiger partial charge in [-0.3, -0.25) is 14.5 Å². The molecule has 2 fully saturated rings. The minimum absolute atomic E-state index is 0.250. The third-order valence-electron chi connectivity index (χ3n) is 6.54. The van der Waals surface area contributed by atoms with Crippen molar-refractivity contribution in [1.82, 2.24) is 0 Å². The van der Waals surface area contributed by atoms with Crippen molar-refractivity contribution in [2.75, 3.05) is 18.1 Å². The quantitative estimate of drug-likeness (QED) is 0.725. The molecule has 0 saturated carbocycles. The van der Waals surface area contributed by atoms with Gasteiger partial charge in [-0.2, -0.15) is 5.26 Å². The minimum atomic E-state index is -0.675. The summed E-state index contributed by atoms with van der Waals surface area (Å²) in [5.74, 6) is -0.705. The number of fused-ring (bicyclic) bond motifs is 6. The number of quaternary nitrogens is 1. The average molecular weight is 400 g/mol. The number of carbonyl (C=O) groups excluding carboxylic acids is 2. The van der Waals surface area contributed by atoms with Crippen LogP contribution in [-0.2, 0) is 9.59 Å². The van der Waals surface area contributed by atoms with Crippen LogP contribution < -0.4 is 19.3 Å². The van der Waals surface area contributed by atoms with Gasteiger partial charge in [-0.15, -0.1) is 0 Å². The molecule has 30 heavy (non-hydrogen) atoms. The number of amides is 2. The van der Waals surface area contributed by atoms with E-state index >= 15 is 0 Å². The zero-order valence-corrected chi connectivity index (χ0v) is 15.9. The van der Waals surface area contributed by atoms with E-state index in [1.54, 1.807) is 18.2 Å². The van der Waals surface area contributed by atoms with Crippen molar-refractivity contribution in [3.63, 3.8) is 0 Å². The number of carbonyl (C=O) groups is 2. The summed E-state index contributed by atoms with van der Waals surface area (Å²) in [7, 11) is 0. The minimum Gasteiger partial charge on any atom is -0.486 e. The van der Waals surface area contributed by atoms with Gasteiger partial charge in [0.1, 0.15) is 37.2 Å². The molecule has 4 heterocycles. The van der Waals surface area contributed by atoms with Crippen LogP contribution in [0.5, 0.6) is 11.5 Å². The number of nitrogens with zero attached hydrogens (tertiary/aromatic N) is 2. The summed E-state index contributed by atoms with van der Waals surface area (Å²) in [5.41, 5.74) is 2.50. The molecule has 2 saturated heterocycles. The van der Waals surface area contributed by atoms with Gasteiger partial charge in [-0.1, -0.05) is 24.3 Å². The van der Waals surface area contributed by atoms with Crippen molar-refractivity contribution in [3.8, 4) is 17.6 Å². The molecule has 0 spiro atoms. The first-order valence-electron chi connectivity index (χ1n) is 10.00. The summed E-state index contributed by atoms with van der Waals surface area (Å²) in [6.45, 7) is 0.888. The van der Waals surface area contributed by atoms with Crippen molar-refractivity contribution in [1.29, 1.82) is 5.26 Å². The van der Waals surface area contributed by atoms with Crippen LogP contribution in [-0.4, -0.2) is 31.1 Å². The highest BCUT2D eigenvalue weighted by molar-refractivity contribution is 6.23. The Hall–Kier alpha value is -3.63.